The number of anilines is 6. The number of piperazine rings is 1. The van der Waals surface area contributed by atoms with E-state index in [4.69, 9.17) is 9.97 Å². The number of fused-ring (bicyclic) bond motifs is 1. The fraction of sp³-hybridized carbons (Fsp3) is 0.422. The lowest BCUT2D eigenvalue weighted by molar-refractivity contribution is -0.134. The summed E-state index contributed by atoms with van der Waals surface area (Å²) >= 11 is 0. The van der Waals surface area contributed by atoms with Gasteiger partial charge in [0.05, 0.1) is 5.92 Å². The lowest BCUT2D eigenvalue weighted by Crippen LogP contribution is -2.74. The summed E-state index contributed by atoms with van der Waals surface area (Å²) in [7, 11) is 0. The molecule has 5 fully saturated rings. The molecule has 13 heteroatoms. The van der Waals surface area contributed by atoms with Gasteiger partial charge in [-0.25, -0.2) is 9.97 Å². The molecule has 6 aliphatic rings. The minimum Gasteiger partial charge on any atom is -0.380 e. The van der Waals surface area contributed by atoms with Crippen molar-refractivity contribution in [3.05, 3.63) is 102 Å². The Hall–Kier alpha value is -5.82. The monoisotopic (exact) mass is 780 g/mol. The van der Waals surface area contributed by atoms with E-state index in [2.05, 4.69) is 85.2 Å². The van der Waals surface area contributed by atoms with Gasteiger partial charge in [0.25, 0.3) is 5.91 Å². The quantitative estimate of drug-likeness (QED) is 0.0714. The highest BCUT2D eigenvalue weighted by molar-refractivity contribution is 6.01. The molecule has 0 spiro atoms. The maximum absolute atomic E-state index is 13.1. The van der Waals surface area contributed by atoms with Crippen LogP contribution in [0.2, 0.25) is 0 Å². The number of aryl methyl sites for hydroxylation is 1. The third-order valence-corrected chi connectivity index (χ3v) is 12.9. The minimum atomic E-state index is -0.288. The predicted molar refractivity (Wildman–Crippen MR) is 226 cm³/mol. The smallest absolute Gasteiger partial charge is 0.256 e. The highest BCUT2D eigenvalue weighted by Crippen LogP contribution is 2.68. The topological polar surface area (TPSA) is 157 Å². The van der Waals surface area contributed by atoms with Gasteiger partial charge in [-0.05, 0) is 104 Å². The molecule has 4 aliphatic carbocycles. The number of piperidine rings is 1. The molecule has 2 bridgehead atoms. The molecule has 2 aromatic heterocycles. The Balaban J connectivity index is 0.764. The average molecular weight is 781 g/mol. The molecule has 3 amide bonds. The lowest BCUT2D eigenvalue weighted by atomic mass is 9.39. The zero-order chi connectivity index (χ0) is 39.9. The number of carbonyl (C=O) groups is 3. The third-order valence-electron chi connectivity index (χ3n) is 12.9. The number of imide groups is 1. The number of nitrogens with one attached hydrogen (secondary N) is 5. The van der Waals surface area contributed by atoms with Crippen molar-refractivity contribution in [1.29, 1.82) is 0 Å². The van der Waals surface area contributed by atoms with E-state index in [1.165, 1.54) is 30.5 Å². The van der Waals surface area contributed by atoms with Crippen LogP contribution in [0.15, 0.2) is 79.5 Å². The number of nitrogens with zero attached hydrogens (tertiary/aromatic N) is 5. The van der Waals surface area contributed by atoms with Gasteiger partial charge in [0.15, 0.2) is 0 Å². The van der Waals surface area contributed by atoms with Crippen LogP contribution in [0.5, 0.6) is 0 Å². The zero-order valence-corrected chi connectivity index (χ0v) is 33.2. The number of pyridine rings is 1. The molecule has 2 aromatic carbocycles. The van der Waals surface area contributed by atoms with Gasteiger partial charge in [-0.3, -0.25) is 24.6 Å². The van der Waals surface area contributed by atoms with Crippen LogP contribution in [0.25, 0.3) is 0 Å². The molecule has 2 saturated heterocycles. The van der Waals surface area contributed by atoms with Crippen molar-refractivity contribution in [2.45, 2.75) is 75.7 Å². The second kappa shape index (κ2) is 15.5. The highest BCUT2D eigenvalue weighted by atomic mass is 16.2. The zero-order valence-electron chi connectivity index (χ0n) is 33.2. The van der Waals surface area contributed by atoms with Crippen LogP contribution >= 0.6 is 0 Å². The van der Waals surface area contributed by atoms with E-state index in [-0.39, 0.29) is 29.2 Å². The summed E-state index contributed by atoms with van der Waals surface area (Å²) < 4.78 is 0. The molecular weight excluding hydrogens is 729 g/mol. The first-order valence-electron chi connectivity index (χ1n) is 20.8. The third kappa shape index (κ3) is 7.62. The Kier molecular flexibility index (Phi) is 10.1. The molecule has 10 rings (SSSR count). The molecule has 0 radical (unpaired) electrons. The maximum Gasteiger partial charge on any atom is 0.256 e. The number of benzene rings is 2. The molecule has 2 unspecified atom stereocenters. The van der Waals surface area contributed by atoms with Crippen molar-refractivity contribution in [3.8, 4) is 0 Å². The molecule has 5 N–H and O–H groups in total. The van der Waals surface area contributed by atoms with Gasteiger partial charge < -0.3 is 26.2 Å². The van der Waals surface area contributed by atoms with Crippen LogP contribution in [-0.4, -0.2) is 82.4 Å². The van der Waals surface area contributed by atoms with Crippen molar-refractivity contribution in [3.63, 3.8) is 0 Å². The summed E-state index contributed by atoms with van der Waals surface area (Å²) in [6.45, 7) is 11.4. The van der Waals surface area contributed by atoms with E-state index in [9.17, 15) is 14.4 Å². The van der Waals surface area contributed by atoms with Crippen LogP contribution in [0.3, 0.4) is 0 Å². The van der Waals surface area contributed by atoms with E-state index < -0.39 is 0 Å². The first-order chi connectivity index (χ1) is 28.2. The summed E-state index contributed by atoms with van der Waals surface area (Å²) in [6.07, 6.45) is 10.9. The lowest BCUT2D eigenvalue weighted by Gasteiger charge is -2.72. The Labute approximate surface area is 339 Å². The highest BCUT2D eigenvalue weighted by Gasteiger charge is 2.68. The first kappa shape index (κ1) is 37.7. The number of hydrogen-bond donors (Lipinski definition) is 5. The summed E-state index contributed by atoms with van der Waals surface area (Å²) in [5, 5.41) is 15.7. The van der Waals surface area contributed by atoms with Crippen LogP contribution in [-0.2, 0) is 16.0 Å². The van der Waals surface area contributed by atoms with Gasteiger partial charge in [0, 0.05) is 86.1 Å². The summed E-state index contributed by atoms with van der Waals surface area (Å²) in [5.74, 6) is 0.961. The molecule has 2 aliphatic heterocycles. The summed E-state index contributed by atoms with van der Waals surface area (Å²) in [4.78, 5) is 56.1. The van der Waals surface area contributed by atoms with Crippen LogP contribution in [0.1, 0.15) is 90.9 Å². The van der Waals surface area contributed by atoms with E-state index >= 15 is 0 Å². The number of aromatic nitrogens is 3. The van der Waals surface area contributed by atoms with E-state index in [1.54, 1.807) is 12.3 Å². The molecule has 3 saturated carbocycles. The van der Waals surface area contributed by atoms with Gasteiger partial charge in [-0.15, -0.1) is 6.58 Å². The van der Waals surface area contributed by atoms with E-state index in [1.807, 2.05) is 30.3 Å². The van der Waals surface area contributed by atoms with Crippen molar-refractivity contribution < 1.29 is 14.4 Å². The molecule has 4 heterocycles. The largest absolute Gasteiger partial charge is 0.380 e. The summed E-state index contributed by atoms with van der Waals surface area (Å²) in [6, 6.07) is 20.7. The SMILES string of the molecule is C=CCNC(=O)c1cnc(Nc2ccc(N3CCN(CC45CC(Nc6ccc(C7CCC(=O)NC7=O)cc6)(C4)C5)CC3)cc2)nc1Nc1ccc2c(n1)C(CC)CC2. The van der Waals surface area contributed by atoms with Crippen LogP contribution in [0.4, 0.5) is 34.6 Å². The van der Waals surface area contributed by atoms with Crippen LogP contribution < -0.4 is 31.5 Å². The van der Waals surface area contributed by atoms with Crippen molar-refractivity contribution in [1.82, 2.24) is 30.5 Å². The fourth-order valence-electron chi connectivity index (χ4n) is 10.0. The molecule has 58 heavy (non-hydrogen) atoms. The number of amides is 3. The van der Waals surface area contributed by atoms with E-state index in [0.29, 0.717) is 53.9 Å². The first-order valence-corrected chi connectivity index (χ1v) is 20.8. The molecular formula is C45H52N10O3. The molecule has 300 valence electrons. The summed E-state index contributed by atoms with van der Waals surface area (Å²) in [5.41, 5.74) is 7.47. The molecule has 2 atom stereocenters. The van der Waals surface area contributed by atoms with Gasteiger partial charge in [-0.2, -0.15) is 4.98 Å². The Morgan fingerprint density at radius 1 is 0.914 bits per heavy atom. The normalized spacial score (nSPS) is 24.8. The maximum atomic E-state index is 13.1. The fourth-order valence-corrected chi connectivity index (χ4v) is 10.0. The number of hydrogen-bond acceptors (Lipinski definition) is 11. The predicted octanol–water partition coefficient (Wildman–Crippen LogP) is 6.39. The molecule has 4 aromatic rings. The minimum absolute atomic E-state index is 0.181. The number of rotatable bonds is 14. The van der Waals surface area contributed by atoms with Gasteiger partial charge in [-0.1, -0.05) is 31.2 Å². The van der Waals surface area contributed by atoms with Gasteiger partial charge >= 0.3 is 0 Å². The second-order valence-electron chi connectivity index (χ2n) is 17.0. The van der Waals surface area contributed by atoms with Crippen LogP contribution in [0, 0.1) is 5.41 Å². The van der Waals surface area contributed by atoms with Crippen molar-refractivity contribution in [2.24, 2.45) is 5.41 Å². The van der Waals surface area contributed by atoms with Gasteiger partial charge in [0.1, 0.15) is 17.2 Å². The van der Waals surface area contributed by atoms with E-state index in [0.717, 1.165) is 74.6 Å². The van der Waals surface area contributed by atoms with Crippen molar-refractivity contribution in [2.75, 3.05) is 60.1 Å². The van der Waals surface area contributed by atoms with Crippen molar-refractivity contribution >= 4 is 52.4 Å². The standard InChI is InChI=1S/C45H52N10O3/c1-3-19-46-41(57)36-24-47-43(52-40(36)50-37-17-9-31-6-5-29(4-2)39(31)49-37)48-32-12-14-34(15-13-32)55-22-20-54(21-23-55)28-44-25-45(26-44,27-44)53-33-10-7-30(8-11-33)35-16-18-38(56)51-42(35)58/h3,7-15,17,24,29,35,53H,1,4-6,16,18-23,25-28H2,2H3,(H,46,57)(H,51,56,58)(H2,47,48,49,50,52). The Morgan fingerprint density at radius 3 is 2.40 bits per heavy atom. The average Bonchev–Trinajstić information content (AvgIpc) is 3.62. The molecule has 13 nitrogen and oxygen atoms in total. The Bertz CT molecular complexity index is 2200. The van der Waals surface area contributed by atoms with Gasteiger partial charge in [0.2, 0.25) is 17.8 Å². The number of carbonyl (C=O) groups excluding carboxylic acids is 3. The Morgan fingerprint density at radius 2 is 1.67 bits per heavy atom. The second-order valence-corrected chi connectivity index (χ2v) is 17.0.